The van der Waals surface area contributed by atoms with Gasteiger partial charge in [-0.2, -0.15) is 0 Å². The molecule has 1 aromatic carbocycles. The number of aromatic nitrogens is 1. The van der Waals surface area contributed by atoms with E-state index >= 15 is 0 Å². The van der Waals surface area contributed by atoms with Crippen LogP contribution in [0.5, 0.6) is 0 Å². The van der Waals surface area contributed by atoms with Gasteiger partial charge in [0.2, 0.25) is 0 Å². The first kappa shape index (κ1) is 15.0. The number of pyridine rings is 1. The summed E-state index contributed by atoms with van der Waals surface area (Å²) in [6, 6.07) is 14.0. The zero-order valence-corrected chi connectivity index (χ0v) is 12.7. The molecule has 0 radical (unpaired) electrons. The van der Waals surface area contributed by atoms with Crippen LogP contribution in [0, 0.1) is 5.82 Å². The Labute approximate surface area is 131 Å². The second-order valence-electron chi connectivity index (χ2n) is 5.83. The van der Waals surface area contributed by atoms with E-state index in [2.05, 4.69) is 45.5 Å². The van der Waals surface area contributed by atoms with Crippen molar-refractivity contribution in [3.8, 4) is 0 Å². The van der Waals surface area contributed by atoms with Crippen molar-refractivity contribution in [2.75, 3.05) is 25.0 Å². The van der Waals surface area contributed by atoms with Gasteiger partial charge in [0.15, 0.2) is 11.6 Å². The average molecular weight is 299 g/mol. The van der Waals surface area contributed by atoms with Crippen LogP contribution in [0.4, 0.5) is 10.2 Å². The molecular weight excluding hydrogens is 277 g/mol. The second kappa shape index (κ2) is 7.36. The normalized spacial score (nSPS) is 16.6. The van der Waals surface area contributed by atoms with Crippen molar-refractivity contribution in [2.45, 2.75) is 25.3 Å². The van der Waals surface area contributed by atoms with Crippen LogP contribution in [0.2, 0.25) is 0 Å². The Morgan fingerprint density at radius 2 is 1.86 bits per heavy atom. The van der Waals surface area contributed by atoms with Crippen LogP contribution < -0.4 is 5.32 Å². The Morgan fingerprint density at radius 3 is 2.59 bits per heavy atom. The average Bonchev–Trinajstić information content (AvgIpc) is 2.57. The summed E-state index contributed by atoms with van der Waals surface area (Å²) in [4.78, 5) is 6.55. The number of nitrogens with zero attached hydrogens (tertiary/aromatic N) is 2. The first-order valence-corrected chi connectivity index (χ1v) is 7.94. The molecule has 0 saturated carbocycles. The number of piperidine rings is 1. The fourth-order valence-corrected chi connectivity index (χ4v) is 2.92. The summed E-state index contributed by atoms with van der Waals surface area (Å²) in [7, 11) is 0. The van der Waals surface area contributed by atoms with E-state index in [1.165, 1.54) is 11.6 Å². The van der Waals surface area contributed by atoms with E-state index in [0.29, 0.717) is 11.9 Å². The number of nitrogens with one attached hydrogen (secondary N) is 1. The lowest BCUT2D eigenvalue weighted by atomic mass is 10.0. The zero-order valence-electron chi connectivity index (χ0n) is 12.7. The molecule has 2 aromatic rings. The molecule has 0 unspecified atom stereocenters. The van der Waals surface area contributed by atoms with Crippen LogP contribution in [0.15, 0.2) is 48.7 Å². The van der Waals surface area contributed by atoms with Gasteiger partial charge in [-0.3, -0.25) is 0 Å². The highest BCUT2D eigenvalue weighted by Gasteiger charge is 2.19. The molecule has 1 aromatic heterocycles. The molecule has 1 aliphatic heterocycles. The number of hydrogen-bond donors (Lipinski definition) is 1. The molecule has 3 nitrogen and oxygen atoms in total. The summed E-state index contributed by atoms with van der Waals surface area (Å²) in [5.74, 6) is 0.110. The van der Waals surface area contributed by atoms with Gasteiger partial charge in [-0.25, -0.2) is 9.37 Å². The third-order valence-corrected chi connectivity index (χ3v) is 4.25. The first-order valence-electron chi connectivity index (χ1n) is 7.94. The monoisotopic (exact) mass is 299 g/mol. The third kappa shape index (κ3) is 4.04. The van der Waals surface area contributed by atoms with Crippen LogP contribution >= 0.6 is 0 Å². The lowest BCUT2D eigenvalue weighted by Gasteiger charge is -2.32. The van der Waals surface area contributed by atoms with E-state index in [1.54, 1.807) is 12.3 Å². The molecule has 4 heteroatoms. The van der Waals surface area contributed by atoms with Gasteiger partial charge in [0.25, 0.3) is 0 Å². The number of hydrogen-bond acceptors (Lipinski definition) is 3. The van der Waals surface area contributed by atoms with E-state index in [-0.39, 0.29) is 5.82 Å². The predicted octanol–water partition coefficient (Wildman–Crippen LogP) is 3.34. The second-order valence-corrected chi connectivity index (χ2v) is 5.83. The molecule has 1 fully saturated rings. The van der Waals surface area contributed by atoms with Crippen molar-refractivity contribution in [1.29, 1.82) is 0 Å². The lowest BCUT2D eigenvalue weighted by Crippen LogP contribution is -2.40. The summed E-state index contributed by atoms with van der Waals surface area (Å²) < 4.78 is 13.6. The SMILES string of the molecule is Fc1cccnc1NC1CCN(CCc2ccccc2)CC1. The minimum Gasteiger partial charge on any atom is -0.365 e. The van der Waals surface area contributed by atoms with Crippen LogP contribution in [-0.4, -0.2) is 35.6 Å². The lowest BCUT2D eigenvalue weighted by molar-refractivity contribution is 0.221. The van der Waals surface area contributed by atoms with Gasteiger partial charge in [0.05, 0.1) is 0 Å². The number of likely N-dealkylation sites (tertiary alicyclic amines) is 1. The fraction of sp³-hybridized carbons (Fsp3) is 0.389. The van der Waals surface area contributed by atoms with Gasteiger partial charge >= 0.3 is 0 Å². The van der Waals surface area contributed by atoms with Crippen LogP contribution in [-0.2, 0) is 6.42 Å². The van der Waals surface area contributed by atoms with Crippen molar-refractivity contribution in [3.63, 3.8) is 0 Å². The van der Waals surface area contributed by atoms with Crippen LogP contribution in [0.3, 0.4) is 0 Å². The quantitative estimate of drug-likeness (QED) is 0.918. The maximum absolute atomic E-state index is 13.6. The molecular formula is C18H22FN3. The molecule has 0 amide bonds. The molecule has 1 N–H and O–H groups in total. The zero-order chi connectivity index (χ0) is 15.2. The Kier molecular flexibility index (Phi) is 5.01. The minimum atomic E-state index is -0.269. The highest BCUT2D eigenvalue weighted by molar-refractivity contribution is 5.36. The van der Waals surface area contributed by atoms with Crippen LogP contribution in [0.1, 0.15) is 18.4 Å². The van der Waals surface area contributed by atoms with E-state index in [1.807, 2.05) is 0 Å². The molecule has 1 aliphatic rings. The number of benzene rings is 1. The Morgan fingerprint density at radius 1 is 1.09 bits per heavy atom. The van der Waals surface area contributed by atoms with Crippen molar-refractivity contribution in [1.82, 2.24) is 9.88 Å². The summed E-state index contributed by atoms with van der Waals surface area (Å²) >= 11 is 0. The largest absolute Gasteiger partial charge is 0.365 e. The molecule has 0 spiro atoms. The maximum atomic E-state index is 13.6. The summed E-state index contributed by atoms with van der Waals surface area (Å²) in [5.41, 5.74) is 1.39. The van der Waals surface area contributed by atoms with Crippen molar-refractivity contribution in [2.24, 2.45) is 0 Å². The molecule has 22 heavy (non-hydrogen) atoms. The smallest absolute Gasteiger partial charge is 0.165 e. The highest BCUT2D eigenvalue weighted by Crippen LogP contribution is 2.17. The molecule has 2 heterocycles. The summed E-state index contributed by atoms with van der Waals surface area (Å²) in [5, 5.41) is 3.23. The highest BCUT2D eigenvalue weighted by atomic mass is 19.1. The van der Waals surface area contributed by atoms with Gasteiger partial charge in [-0.15, -0.1) is 0 Å². The Bertz CT molecular complexity index is 580. The number of rotatable bonds is 5. The van der Waals surface area contributed by atoms with Gasteiger partial charge in [-0.1, -0.05) is 30.3 Å². The van der Waals surface area contributed by atoms with E-state index < -0.39 is 0 Å². The molecule has 0 aliphatic carbocycles. The van der Waals surface area contributed by atoms with E-state index in [0.717, 1.165) is 38.9 Å². The van der Waals surface area contributed by atoms with Gasteiger partial charge < -0.3 is 10.2 Å². The molecule has 0 bridgehead atoms. The van der Waals surface area contributed by atoms with Crippen molar-refractivity contribution in [3.05, 3.63) is 60.0 Å². The predicted molar refractivity (Wildman–Crippen MR) is 87.4 cm³/mol. The van der Waals surface area contributed by atoms with Crippen molar-refractivity contribution >= 4 is 5.82 Å². The van der Waals surface area contributed by atoms with E-state index in [4.69, 9.17) is 0 Å². The maximum Gasteiger partial charge on any atom is 0.165 e. The molecule has 116 valence electrons. The minimum absolute atomic E-state index is 0.269. The molecule has 3 rings (SSSR count). The van der Waals surface area contributed by atoms with Gasteiger partial charge in [-0.05, 0) is 37.0 Å². The van der Waals surface area contributed by atoms with Gasteiger partial charge in [0, 0.05) is 31.9 Å². The fourth-order valence-electron chi connectivity index (χ4n) is 2.92. The summed E-state index contributed by atoms with van der Waals surface area (Å²) in [6.07, 6.45) is 4.78. The van der Waals surface area contributed by atoms with Crippen LogP contribution in [0.25, 0.3) is 0 Å². The van der Waals surface area contributed by atoms with Crippen molar-refractivity contribution < 1.29 is 4.39 Å². The standard InChI is InChI=1S/C18H22FN3/c19-17-7-4-11-20-18(17)21-16-9-13-22(14-10-16)12-8-15-5-2-1-3-6-15/h1-7,11,16H,8-10,12-14H2,(H,20,21). The Hall–Kier alpha value is -1.94. The number of halogens is 1. The molecule has 0 atom stereocenters. The first-order chi connectivity index (χ1) is 10.8. The number of anilines is 1. The van der Waals surface area contributed by atoms with E-state index in [9.17, 15) is 4.39 Å². The third-order valence-electron chi connectivity index (χ3n) is 4.25. The topological polar surface area (TPSA) is 28.2 Å². The molecule has 1 saturated heterocycles. The van der Waals surface area contributed by atoms with Gasteiger partial charge in [0.1, 0.15) is 0 Å². The summed E-state index contributed by atoms with van der Waals surface area (Å²) in [6.45, 7) is 3.20. The Balaban J connectivity index is 1.44.